The van der Waals surface area contributed by atoms with Crippen LogP contribution in [-0.2, 0) is 16.0 Å². The average Bonchev–Trinajstić information content (AvgIpc) is 3.04. The number of nitrogens with one attached hydrogen (secondary N) is 1. The molecule has 1 aromatic carbocycles. The van der Waals surface area contributed by atoms with Crippen molar-refractivity contribution in [1.29, 1.82) is 0 Å². The number of fused-ring (bicyclic) bond motifs is 1. The molecule has 1 aliphatic heterocycles. The minimum Gasteiger partial charge on any atom is -0.347 e. The number of rotatable bonds is 3. The molecule has 1 fully saturated rings. The summed E-state index contributed by atoms with van der Waals surface area (Å²) < 4.78 is 0. The van der Waals surface area contributed by atoms with Crippen LogP contribution in [0.25, 0.3) is 0 Å². The zero-order valence-corrected chi connectivity index (χ0v) is 14.0. The molecule has 4 nitrogen and oxygen atoms in total. The van der Waals surface area contributed by atoms with Gasteiger partial charge in [-0.2, -0.15) is 0 Å². The highest BCUT2D eigenvalue weighted by Crippen LogP contribution is 2.30. The Hall–Kier alpha value is -1.84. The summed E-state index contributed by atoms with van der Waals surface area (Å²) in [6.07, 6.45) is 4.86. The van der Waals surface area contributed by atoms with Gasteiger partial charge in [0.2, 0.25) is 11.8 Å². The molecule has 3 rings (SSSR count). The molecule has 1 aliphatic carbocycles. The highest BCUT2D eigenvalue weighted by Gasteiger charge is 2.36. The van der Waals surface area contributed by atoms with Gasteiger partial charge in [-0.25, -0.2) is 0 Å². The van der Waals surface area contributed by atoms with Crippen molar-refractivity contribution in [3.8, 4) is 0 Å². The molecule has 2 amide bonds. The SMILES string of the molecule is CC(C)C(=O)N1CCC[C@@H]1C(=O)N[C@H]1CCCc2ccccc21. The first-order valence-electron chi connectivity index (χ1n) is 8.76. The van der Waals surface area contributed by atoms with E-state index in [2.05, 4.69) is 23.5 Å². The molecule has 2 aliphatic rings. The van der Waals surface area contributed by atoms with Crippen LogP contribution in [0.3, 0.4) is 0 Å². The highest BCUT2D eigenvalue weighted by molar-refractivity contribution is 5.89. The van der Waals surface area contributed by atoms with E-state index in [9.17, 15) is 9.59 Å². The van der Waals surface area contributed by atoms with Gasteiger partial charge in [-0.1, -0.05) is 38.1 Å². The van der Waals surface area contributed by atoms with Crippen LogP contribution in [0.4, 0.5) is 0 Å². The topological polar surface area (TPSA) is 49.4 Å². The quantitative estimate of drug-likeness (QED) is 0.932. The molecule has 0 unspecified atom stereocenters. The minimum absolute atomic E-state index is 0.0122. The Labute approximate surface area is 138 Å². The zero-order valence-electron chi connectivity index (χ0n) is 14.0. The number of aryl methyl sites for hydroxylation is 1. The van der Waals surface area contributed by atoms with Gasteiger partial charge in [-0.3, -0.25) is 9.59 Å². The summed E-state index contributed by atoms with van der Waals surface area (Å²) in [4.78, 5) is 26.8. The van der Waals surface area contributed by atoms with Crippen molar-refractivity contribution in [2.75, 3.05) is 6.54 Å². The Kier molecular flexibility index (Phi) is 4.69. The minimum atomic E-state index is -0.293. The Morgan fingerprint density at radius 3 is 2.74 bits per heavy atom. The maximum absolute atomic E-state index is 12.8. The Morgan fingerprint density at radius 2 is 1.96 bits per heavy atom. The molecule has 0 bridgehead atoms. The molecule has 23 heavy (non-hydrogen) atoms. The Bertz CT molecular complexity index is 597. The van der Waals surface area contributed by atoms with Crippen molar-refractivity contribution >= 4 is 11.8 Å². The van der Waals surface area contributed by atoms with Gasteiger partial charge >= 0.3 is 0 Å². The number of amides is 2. The van der Waals surface area contributed by atoms with Crippen molar-refractivity contribution < 1.29 is 9.59 Å². The second-order valence-electron chi connectivity index (χ2n) is 7.00. The van der Waals surface area contributed by atoms with Gasteiger partial charge in [0.1, 0.15) is 6.04 Å². The third-order valence-corrected chi connectivity index (χ3v) is 5.02. The molecule has 0 spiro atoms. The summed E-state index contributed by atoms with van der Waals surface area (Å²) in [7, 11) is 0. The van der Waals surface area contributed by atoms with E-state index < -0.39 is 0 Å². The van der Waals surface area contributed by atoms with Crippen LogP contribution >= 0.6 is 0 Å². The Balaban J connectivity index is 1.71. The van der Waals surface area contributed by atoms with Gasteiger partial charge in [0.15, 0.2) is 0 Å². The molecular weight excluding hydrogens is 288 g/mol. The van der Waals surface area contributed by atoms with Gasteiger partial charge in [0, 0.05) is 12.5 Å². The fourth-order valence-corrected chi connectivity index (χ4v) is 3.81. The molecule has 0 aromatic heterocycles. The van der Waals surface area contributed by atoms with E-state index >= 15 is 0 Å². The van der Waals surface area contributed by atoms with Crippen molar-refractivity contribution in [3.63, 3.8) is 0 Å². The predicted octanol–water partition coefficient (Wildman–Crippen LogP) is 2.83. The van der Waals surface area contributed by atoms with Gasteiger partial charge in [-0.05, 0) is 43.2 Å². The van der Waals surface area contributed by atoms with E-state index in [4.69, 9.17) is 0 Å². The first-order valence-corrected chi connectivity index (χ1v) is 8.76. The smallest absolute Gasteiger partial charge is 0.243 e. The Morgan fingerprint density at radius 1 is 1.17 bits per heavy atom. The normalized spacial score (nSPS) is 23.7. The van der Waals surface area contributed by atoms with E-state index in [1.54, 1.807) is 4.90 Å². The summed E-state index contributed by atoms with van der Waals surface area (Å²) in [6.45, 7) is 4.50. The molecule has 0 saturated carbocycles. The number of hydrogen-bond donors (Lipinski definition) is 1. The van der Waals surface area contributed by atoms with Gasteiger partial charge < -0.3 is 10.2 Å². The first-order chi connectivity index (χ1) is 11.1. The molecule has 1 N–H and O–H groups in total. The van der Waals surface area contributed by atoms with Crippen LogP contribution in [0.2, 0.25) is 0 Å². The summed E-state index contributed by atoms with van der Waals surface area (Å²) in [5.41, 5.74) is 2.58. The van der Waals surface area contributed by atoms with Crippen molar-refractivity contribution in [2.24, 2.45) is 5.92 Å². The number of hydrogen-bond acceptors (Lipinski definition) is 2. The zero-order chi connectivity index (χ0) is 16.4. The second-order valence-corrected chi connectivity index (χ2v) is 7.00. The van der Waals surface area contributed by atoms with Crippen LogP contribution in [-0.4, -0.2) is 29.3 Å². The summed E-state index contributed by atoms with van der Waals surface area (Å²) >= 11 is 0. The maximum atomic E-state index is 12.8. The number of likely N-dealkylation sites (tertiary alicyclic amines) is 1. The maximum Gasteiger partial charge on any atom is 0.243 e. The van der Waals surface area contributed by atoms with E-state index in [1.807, 2.05) is 19.9 Å². The van der Waals surface area contributed by atoms with Crippen LogP contribution < -0.4 is 5.32 Å². The molecule has 124 valence electrons. The third kappa shape index (κ3) is 3.26. The van der Waals surface area contributed by atoms with Crippen LogP contribution in [0, 0.1) is 5.92 Å². The van der Waals surface area contributed by atoms with Crippen molar-refractivity contribution in [2.45, 2.75) is 58.0 Å². The van der Waals surface area contributed by atoms with Gasteiger partial charge in [-0.15, -0.1) is 0 Å². The van der Waals surface area contributed by atoms with Crippen molar-refractivity contribution in [3.05, 3.63) is 35.4 Å². The average molecular weight is 314 g/mol. The summed E-state index contributed by atoms with van der Waals surface area (Å²) in [6, 6.07) is 8.16. The monoisotopic (exact) mass is 314 g/mol. The molecule has 1 saturated heterocycles. The predicted molar refractivity (Wildman–Crippen MR) is 89.8 cm³/mol. The lowest BCUT2D eigenvalue weighted by Gasteiger charge is -2.30. The van der Waals surface area contributed by atoms with Gasteiger partial charge in [0.05, 0.1) is 6.04 Å². The molecule has 1 aromatic rings. The lowest BCUT2D eigenvalue weighted by atomic mass is 9.87. The molecule has 4 heteroatoms. The second kappa shape index (κ2) is 6.73. The van der Waals surface area contributed by atoms with Crippen molar-refractivity contribution in [1.82, 2.24) is 10.2 Å². The fraction of sp³-hybridized carbons (Fsp3) is 0.579. The number of nitrogens with zero attached hydrogens (tertiary/aromatic N) is 1. The fourth-order valence-electron chi connectivity index (χ4n) is 3.81. The largest absolute Gasteiger partial charge is 0.347 e. The number of carbonyl (C=O) groups is 2. The molecule has 2 atom stereocenters. The molecular formula is C19H26N2O2. The number of carbonyl (C=O) groups excluding carboxylic acids is 2. The highest BCUT2D eigenvalue weighted by atomic mass is 16.2. The van der Waals surface area contributed by atoms with Gasteiger partial charge in [0.25, 0.3) is 0 Å². The van der Waals surface area contributed by atoms with E-state index in [0.29, 0.717) is 6.54 Å². The lowest BCUT2D eigenvalue weighted by Crippen LogP contribution is -2.48. The molecule has 0 radical (unpaired) electrons. The standard InChI is InChI=1S/C19H26N2O2/c1-13(2)19(23)21-12-6-11-17(21)18(22)20-16-10-5-8-14-7-3-4-9-15(14)16/h3-4,7,9,13,16-17H,5-6,8,10-12H2,1-2H3,(H,20,22)/t16-,17+/m0/s1. The van der Waals surface area contributed by atoms with Crippen LogP contribution in [0.15, 0.2) is 24.3 Å². The third-order valence-electron chi connectivity index (χ3n) is 5.02. The summed E-state index contributed by atoms with van der Waals surface area (Å²) in [5, 5.41) is 3.21. The van der Waals surface area contributed by atoms with E-state index in [-0.39, 0.29) is 29.8 Å². The number of benzene rings is 1. The lowest BCUT2D eigenvalue weighted by molar-refractivity contribution is -0.141. The summed E-state index contributed by atoms with van der Waals surface area (Å²) in [5.74, 6) is 0.0451. The van der Waals surface area contributed by atoms with Crippen LogP contribution in [0.5, 0.6) is 0 Å². The van der Waals surface area contributed by atoms with E-state index in [0.717, 1.165) is 32.1 Å². The first kappa shape index (κ1) is 16.0. The molecule has 1 heterocycles. The van der Waals surface area contributed by atoms with E-state index in [1.165, 1.54) is 11.1 Å². The van der Waals surface area contributed by atoms with Crippen LogP contribution in [0.1, 0.15) is 56.7 Å².